The van der Waals surface area contributed by atoms with Crippen molar-refractivity contribution in [1.82, 2.24) is 20.0 Å². The topological polar surface area (TPSA) is 69.6 Å². The minimum atomic E-state index is 0.450. The van der Waals surface area contributed by atoms with Crippen molar-refractivity contribution in [2.45, 2.75) is 51.5 Å². The zero-order valence-corrected chi connectivity index (χ0v) is 12.5. The van der Waals surface area contributed by atoms with Crippen molar-refractivity contribution in [3.05, 3.63) is 23.0 Å². The van der Waals surface area contributed by atoms with Crippen LogP contribution in [0.15, 0.2) is 11.6 Å². The summed E-state index contributed by atoms with van der Waals surface area (Å²) in [7, 11) is 0. The van der Waals surface area contributed by atoms with Gasteiger partial charge in [-0.15, -0.1) is 16.4 Å². The van der Waals surface area contributed by atoms with Gasteiger partial charge in [0.15, 0.2) is 0 Å². The third kappa shape index (κ3) is 2.91. The second-order valence-electron chi connectivity index (χ2n) is 5.46. The summed E-state index contributed by atoms with van der Waals surface area (Å²) in [6.45, 7) is 0.450. The van der Waals surface area contributed by atoms with Crippen molar-refractivity contribution < 1.29 is 0 Å². The molecule has 6 heteroatoms. The number of aromatic nitrogens is 4. The highest BCUT2D eigenvalue weighted by molar-refractivity contribution is 7.12. The molecule has 3 rings (SSSR count). The first kappa shape index (κ1) is 13.7. The molecule has 0 aliphatic heterocycles. The number of nitrogens with two attached hydrogens (primary N) is 1. The first-order chi connectivity index (χ1) is 9.88. The van der Waals surface area contributed by atoms with Crippen LogP contribution in [-0.4, -0.2) is 20.0 Å². The fourth-order valence-electron chi connectivity index (χ4n) is 3.03. The Bertz CT molecular complexity index is 528. The zero-order chi connectivity index (χ0) is 13.8. The predicted octanol–water partition coefficient (Wildman–Crippen LogP) is 2.70. The van der Waals surface area contributed by atoms with E-state index in [4.69, 9.17) is 5.73 Å². The van der Waals surface area contributed by atoms with E-state index >= 15 is 0 Å². The lowest BCUT2D eigenvalue weighted by Crippen LogP contribution is -2.11. The van der Waals surface area contributed by atoms with Crippen molar-refractivity contribution in [3.63, 3.8) is 0 Å². The van der Waals surface area contributed by atoms with Gasteiger partial charge in [-0.3, -0.25) is 0 Å². The quantitative estimate of drug-likeness (QED) is 0.919. The monoisotopic (exact) mass is 291 g/mol. The second kappa shape index (κ2) is 6.45. The Morgan fingerprint density at radius 2 is 2.15 bits per heavy atom. The maximum Gasteiger partial charge on any atom is 0.211 e. The fourth-order valence-corrected chi connectivity index (χ4v) is 3.64. The molecule has 108 valence electrons. The van der Waals surface area contributed by atoms with Crippen molar-refractivity contribution in [3.8, 4) is 5.13 Å². The highest BCUT2D eigenvalue weighted by atomic mass is 32.1. The molecular formula is C14H21N5S. The van der Waals surface area contributed by atoms with E-state index in [9.17, 15) is 0 Å². The van der Waals surface area contributed by atoms with Gasteiger partial charge in [0.2, 0.25) is 5.13 Å². The van der Waals surface area contributed by atoms with Crippen molar-refractivity contribution >= 4 is 11.3 Å². The number of thiazole rings is 1. The van der Waals surface area contributed by atoms with Crippen LogP contribution in [-0.2, 0) is 13.0 Å². The molecule has 5 nitrogen and oxygen atoms in total. The van der Waals surface area contributed by atoms with Crippen molar-refractivity contribution in [1.29, 1.82) is 0 Å². The number of rotatable bonds is 5. The molecule has 1 aliphatic carbocycles. The highest BCUT2D eigenvalue weighted by Crippen LogP contribution is 2.28. The van der Waals surface area contributed by atoms with E-state index in [0.717, 1.165) is 28.9 Å². The van der Waals surface area contributed by atoms with Crippen LogP contribution >= 0.6 is 11.3 Å². The maximum atomic E-state index is 5.79. The summed E-state index contributed by atoms with van der Waals surface area (Å²) >= 11 is 1.58. The van der Waals surface area contributed by atoms with Crippen LogP contribution < -0.4 is 5.73 Å². The van der Waals surface area contributed by atoms with Gasteiger partial charge < -0.3 is 5.73 Å². The number of hydrogen-bond donors (Lipinski definition) is 1. The van der Waals surface area contributed by atoms with Gasteiger partial charge in [-0.25, -0.2) is 4.98 Å². The lowest BCUT2D eigenvalue weighted by molar-refractivity contribution is 0.337. The van der Waals surface area contributed by atoms with E-state index in [-0.39, 0.29) is 0 Å². The Labute approximate surface area is 123 Å². The van der Waals surface area contributed by atoms with Gasteiger partial charge in [-0.05, 0) is 18.8 Å². The molecule has 2 N–H and O–H groups in total. The van der Waals surface area contributed by atoms with Crippen molar-refractivity contribution in [2.75, 3.05) is 0 Å². The molecule has 2 heterocycles. The zero-order valence-electron chi connectivity index (χ0n) is 11.7. The summed E-state index contributed by atoms with van der Waals surface area (Å²) in [4.78, 5) is 4.33. The smallest absolute Gasteiger partial charge is 0.211 e. The van der Waals surface area contributed by atoms with Gasteiger partial charge in [0.05, 0.1) is 11.4 Å². The molecule has 0 amide bonds. The Kier molecular flexibility index (Phi) is 4.42. The third-order valence-corrected chi connectivity index (χ3v) is 4.90. The van der Waals surface area contributed by atoms with Crippen molar-refractivity contribution in [2.24, 2.45) is 11.7 Å². The van der Waals surface area contributed by atoms with Crippen LogP contribution in [0.1, 0.15) is 49.9 Å². The van der Waals surface area contributed by atoms with Gasteiger partial charge in [0, 0.05) is 18.1 Å². The lowest BCUT2D eigenvalue weighted by atomic mass is 9.85. The van der Waals surface area contributed by atoms with E-state index < -0.39 is 0 Å². The Hall–Kier alpha value is -1.27. The largest absolute Gasteiger partial charge is 0.325 e. The van der Waals surface area contributed by atoms with E-state index in [0.29, 0.717) is 6.54 Å². The first-order valence-corrected chi connectivity index (χ1v) is 8.30. The molecule has 20 heavy (non-hydrogen) atoms. The molecule has 0 atom stereocenters. The summed E-state index contributed by atoms with van der Waals surface area (Å²) in [6, 6.07) is 0. The summed E-state index contributed by atoms with van der Waals surface area (Å²) in [5.41, 5.74) is 7.85. The van der Waals surface area contributed by atoms with Gasteiger partial charge in [0.1, 0.15) is 0 Å². The maximum absolute atomic E-state index is 5.79. The molecule has 0 unspecified atom stereocenters. The van der Waals surface area contributed by atoms with Crippen LogP contribution in [0, 0.1) is 5.92 Å². The minimum Gasteiger partial charge on any atom is -0.325 e. The fraction of sp³-hybridized carbons (Fsp3) is 0.643. The van der Waals surface area contributed by atoms with E-state index in [1.165, 1.54) is 38.5 Å². The predicted molar refractivity (Wildman–Crippen MR) is 79.8 cm³/mol. The van der Waals surface area contributed by atoms with Crippen LogP contribution in [0.25, 0.3) is 5.13 Å². The molecular weight excluding hydrogens is 270 g/mol. The molecule has 0 bridgehead atoms. The Morgan fingerprint density at radius 1 is 1.30 bits per heavy atom. The minimum absolute atomic E-state index is 0.450. The number of hydrogen-bond acceptors (Lipinski definition) is 5. The summed E-state index contributed by atoms with van der Waals surface area (Å²) in [5, 5.41) is 11.3. The molecule has 0 aromatic carbocycles. The van der Waals surface area contributed by atoms with Gasteiger partial charge >= 0.3 is 0 Å². The molecule has 1 aliphatic rings. The van der Waals surface area contributed by atoms with Crippen LogP contribution in [0.4, 0.5) is 0 Å². The standard InChI is InChI=1S/C14H21N5S/c15-10-12-13(7-6-11-4-2-1-3-5-11)19(18-17-12)14-16-8-9-20-14/h8-9,11H,1-7,10,15H2. The average molecular weight is 291 g/mol. The molecule has 1 saturated carbocycles. The number of nitrogens with zero attached hydrogens (tertiary/aromatic N) is 4. The van der Waals surface area contributed by atoms with Gasteiger partial charge in [-0.1, -0.05) is 37.3 Å². The molecule has 0 spiro atoms. The summed E-state index contributed by atoms with van der Waals surface area (Å²) in [5.74, 6) is 0.856. The Morgan fingerprint density at radius 3 is 2.85 bits per heavy atom. The van der Waals surface area contributed by atoms with Gasteiger partial charge in [0.25, 0.3) is 0 Å². The first-order valence-electron chi connectivity index (χ1n) is 7.42. The Balaban J connectivity index is 1.75. The summed E-state index contributed by atoms with van der Waals surface area (Å²) < 4.78 is 1.87. The van der Waals surface area contributed by atoms with Crippen LogP contribution in [0.5, 0.6) is 0 Å². The van der Waals surface area contributed by atoms with Crippen LogP contribution in [0.2, 0.25) is 0 Å². The molecule has 0 saturated heterocycles. The van der Waals surface area contributed by atoms with E-state index in [1.54, 1.807) is 17.5 Å². The van der Waals surface area contributed by atoms with Crippen LogP contribution in [0.3, 0.4) is 0 Å². The average Bonchev–Trinajstić information content (AvgIpc) is 3.14. The lowest BCUT2D eigenvalue weighted by Gasteiger charge is -2.21. The van der Waals surface area contributed by atoms with E-state index in [1.807, 2.05) is 10.1 Å². The van der Waals surface area contributed by atoms with Gasteiger partial charge in [-0.2, -0.15) is 4.68 Å². The molecule has 2 aromatic heterocycles. The SMILES string of the molecule is NCc1nnn(-c2nccs2)c1CCC1CCCCC1. The highest BCUT2D eigenvalue weighted by Gasteiger charge is 2.18. The van der Waals surface area contributed by atoms with E-state index in [2.05, 4.69) is 15.3 Å². The molecule has 2 aromatic rings. The molecule has 0 radical (unpaired) electrons. The third-order valence-electron chi connectivity index (χ3n) is 4.15. The molecule has 1 fully saturated rings. The second-order valence-corrected chi connectivity index (χ2v) is 6.33. The normalized spacial score (nSPS) is 16.6. The summed E-state index contributed by atoms with van der Waals surface area (Å²) in [6.07, 6.45) is 10.9.